The van der Waals surface area contributed by atoms with Crippen LogP contribution in [0.5, 0.6) is 28.7 Å². The standard InChI is InChI=1S/C26H25N7O5/c1-5-37-22-13-30-33(24-14-27-15-32(24)2)25(22)26(34)31-23-7-6-16(12-29-23)38-19-8-9-28-18-11-21(36-4)20(35-3)10-17(18)19/h6-15H,5H2,1-4H3,(H,29,31,34). The van der Waals surface area contributed by atoms with Gasteiger partial charge >= 0.3 is 0 Å². The number of amides is 1. The number of hydrogen-bond acceptors (Lipinski definition) is 9. The van der Waals surface area contributed by atoms with E-state index in [1.54, 1.807) is 67.8 Å². The number of aromatic nitrogens is 6. The Morgan fingerprint density at radius 3 is 2.47 bits per heavy atom. The molecule has 0 radical (unpaired) electrons. The van der Waals surface area contributed by atoms with E-state index in [2.05, 4.69) is 25.4 Å². The number of nitrogens with zero attached hydrogens (tertiary/aromatic N) is 6. The van der Waals surface area contributed by atoms with E-state index in [0.29, 0.717) is 52.5 Å². The highest BCUT2D eigenvalue weighted by atomic mass is 16.5. The molecule has 0 atom stereocenters. The highest BCUT2D eigenvalue weighted by Crippen LogP contribution is 2.36. The van der Waals surface area contributed by atoms with Crippen LogP contribution in [0, 0.1) is 0 Å². The van der Waals surface area contributed by atoms with Crippen molar-refractivity contribution in [2.75, 3.05) is 26.1 Å². The summed E-state index contributed by atoms with van der Waals surface area (Å²) in [5, 5.41) is 7.86. The van der Waals surface area contributed by atoms with Gasteiger partial charge in [-0.1, -0.05) is 0 Å². The van der Waals surface area contributed by atoms with Crippen LogP contribution >= 0.6 is 0 Å². The Morgan fingerprint density at radius 2 is 1.79 bits per heavy atom. The SMILES string of the molecule is CCOc1cnn(-c2cncn2C)c1C(=O)Nc1ccc(Oc2ccnc3cc(OC)c(OC)cc23)cn1. The second-order valence-corrected chi connectivity index (χ2v) is 8.03. The summed E-state index contributed by atoms with van der Waals surface area (Å²) in [6.07, 6.45) is 7.90. The Balaban J connectivity index is 1.37. The molecule has 5 aromatic rings. The third-order valence-corrected chi connectivity index (χ3v) is 5.67. The van der Waals surface area contributed by atoms with E-state index in [0.717, 1.165) is 5.39 Å². The van der Waals surface area contributed by atoms with Crippen LogP contribution in [0.3, 0.4) is 0 Å². The van der Waals surface area contributed by atoms with E-state index in [4.69, 9.17) is 18.9 Å². The summed E-state index contributed by atoms with van der Waals surface area (Å²) in [5.74, 6) is 3.02. The van der Waals surface area contributed by atoms with Gasteiger partial charge in [-0.25, -0.2) is 14.6 Å². The van der Waals surface area contributed by atoms with Crippen molar-refractivity contribution >= 4 is 22.6 Å². The van der Waals surface area contributed by atoms with Crippen LogP contribution in [0.15, 0.2) is 61.4 Å². The van der Waals surface area contributed by atoms with Crippen molar-refractivity contribution < 1.29 is 23.7 Å². The van der Waals surface area contributed by atoms with Gasteiger partial charge in [-0.2, -0.15) is 5.10 Å². The first-order valence-corrected chi connectivity index (χ1v) is 11.7. The third-order valence-electron chi connectivity index (χ3n) is 5.67. The average Bonchev–Trinajstić information content (AvgIpc) is 3.55. The van der Waals surface area contributed by atoms with Crippen molar-refractivity contribution in [1.29, 1.82) is 0 Å². The highest BCUT2D eigenvalue weighted by molar-refractivity contribution is 6.04. The number of nitrogens with one attached hydrogen (secondary N) is 1. The first-order valence-electron chi connectivity index (χ1n) is 11.7. The molecule has 1 amide bonds. The van der Waals surface area contributed by atoms with Gasteiger partial charge in [-0.05, 0) is 31.2 Å². The van der Waals surface area contributed by atoms with Gasteiger partial charge in [0.1, 0.15) is 17.3 Å². The molecular weight excluding hydrogens is 490 g/mol. The number of anilines is 1. The van der Waals surface area contributed by atoms with Crippen molar-refractivity contribution in [3.8, 4) is 34.6 Å². The normalized spacial score (nSPS) is 10.8. The molecule has 1 aromatic carbocycles. The molecule has 0 aliphatic carbocycles. The van der Waals surface area contributed by atoms with Crippen molar-refractivity contribution in [3.05, 3.63) is 67.1 Å². The van der Waals surface area contributed by atoms with Gasteiger partial charge < -0.3 is 28.8 Å². The number of pyridine rings is 2. The Labute approximate surface area is 217 Å². The summed E-state index contributed by atoms with van der Waals surface area (Å²) in [5.41, 5.74) is 0.914. The molecule has 12 heteroatoms. The average molecular weight is 516 g/mol. The number of carbonyl (C=O) groups excluding carboxylic acids is 1. The molecule has 0 saturated carbocycles. The summed E-state index contributed by atoms with van der Waals surface area (Å²) < 4.78 is 25.7. The number of imidazole rings is 1. The molecule has 38 heavy (non-hydrogen) atoms. The molecule has 12 nitrogen and oxygen atoms in total. The summed E-state index contributed by atoms with van der Waals surface area (Å²) in [4.78, 5) is 26.1. The van der Waals surface area contributed by atoms with E-state index >= 15 is 0 Å². The van der Waals surface area contributed by atoms with Gasteiger partial charge in [-0.15, -0.1) is 0 Å². The Morgan fingerprint density at radius 1 is 0.974 bits per heavy atom. The maximum atomic E-state index is 13.3. The Bertz CT molecular complexity index is 1590. The number of benzene rings is 1. The smallest absolute Gasteiger partial charge is 0.279 e. The quantitative estimate of drug-likeness (QED) is 0.310. The van der Waals surface area contributed by atoms with Crippen molar-refractivity contribution in [2.45, 2.75) is 6.92 Å². The monoisotopic (exact) mass is 515 g/mol. The number of fused-ring (bicyclic) bond motifs is 1. The lowest BCUT2D eigenvalue weighted by Crippen LogP contribution is -2.19. The van der Waals surface area contributed by atoms with Crippen LogP contribution in [0.25, 0.3) is 16.7 Å². The zero-order valence-corrected chi connectivity index (χ0v) is 21.2. The zero-order chi connectivity index (χ0) is 26.6. The second-order valence-electron chi connectivity index (χ2n) is 8.03. The van der Waals surface area contributed by atoms with Crippen LogP contribution in [-0.4, -0.2) is 56.0 Å². The van der Waals surface area contributed by atoms with E-state index in [1.807, 2.05) is 14.0 Å². The summed E-state index contributed by atoms with van der Waals surface area (Å²) in [7, 11) is 4.95. The van der Waals surface area contributed by atoms with Crippen LogP contribution in [0.4, 0.5) is 5.82 Å². The number of hydrogen-bond donors (Lipinski definition) is 1. The van der Waals surface area contributed by atoms with Crippen LogP contribution in [-0.2, 0) is 7.05 Å². The molecule has 0 saturated heterocycles. The van der Waals surface area contributed by atoms with E-state index in [1.165, 1.54) is 17.1 Å². The van der Waals surface area contributed by atoms with Crippen molar-refractivity contribution in [2.24, 2.45) is 7.05 Å². The van der Waals surface area contributed by atoms with Gasteiger partial charge in [0.25, 0.3) is 5.91 Å². The molecule has 1 N–H and O–H groups in total. The number of rotatable bonds is 9. The molecule has 5 rings (SSSR count). The lowest BCUT2D eigenvalue weighted by Gasteiger charge is -2.13. The minimum atomic E-state index is -0.436. The fourth-order valence-electron chi connectivity index (χ4n) is 3.88. The minimum Gasteiger partial charge on any atom is -0.493 e. The molecule has 0 aliphatic rings. The molecular formula is C26H25N7O5. The third kappa shape index (κ3) is 4.66. The fraction of sp³-hybridized carbons (Fsp3) is 0.192. The Kier molecular flexibility index (Phi) is 6.76. The molecule has 0 fully saturated rings. The molecule has 0 bridgehead atoms. The van der Waals surface area contributed by atoms with Gasteiger partial charge in [-0.3, -0.25) is 9.78 Å². The number of carbonyl (C=O) groups is 1. The fourth-order valence-corrected chi connectivity index (χ4v) is 3.88. The van der Waals surface area contributed by atoms with Gasteiger partial charge in [0.15, 0.2) is 28.8 Å². The van der Waals surface area contributed by atoms with Gasteiger partial charge in [0, 0.05) is 24.7 Å². The van der Waals surface area contributed by atoms with Crippen LogP contribution in [0.2, 0.25) is 0 Å². The molecule has 194 valence electrons. The largest absolute Gasteiger partial charge is 0.493 e. The molecule has 0 unspecified atom stereocenters. The molecule has 4 heterocycles. The summed E-state index contributed by atoms with van der Waals surface area (Å²) in [6.45, 7) is 2.21. The maximum Gasteiger partial charge on any atom is 0.279 e. The van der Waals surface area contributed by atoms with Crippen LogP contribution in [0.1, 0.15) is 17.4 Å². The molecule has 0 spiro atoms. The lowest BCUT2D eigenvalue weighted by molar-refractivity contribution is 0.101. The highest BCUT2D eigenvalue weighted by Gasteiger charge is 2.23. The minimum absolute atomic E-state index is 0.227. The predicted molar refractivity (Wildman–Crippen MR) is 139 cm³/mol. The van der Waals surface area contributed by atoms with Crippen molar-refractivity contribution in [3.63, 3.8) is 0 Å². The van der Waals surface area contributed by atoms with E-state index < -0.39 is 5.91 Å². The topological polar surface area (TPSA) is 127 Å². The number of ether oxygens (including phenoxy) is 4. The lowest BCUT2D eigenvalue weighted by atomic mass is 10.2. The van der Waals surface area contributed by atoms with Crippen LogP contribution < -0.4 is 24.3 Å². The van der Waals surface area contributed by atoms with Gasteiger partial charge in [0.2, 0.25) is 0 Å². The molecule has 0 aliphatic heterocycles. The zero-order valence-electron chi connectivity index (χ0n) is 21.2. The predicted octanol–water partition coefficient (Wildman–Crippen LogP) is 4.01. The number of aryl methyl sites for hydroxylation is 1. The van der Waals surface area contributed by atoms with Crippen molar-refractivity contribution in [1.82, 2.24) is 29.3 Å². The van der Waals surface area contributed by atoms with E-state index in [-0.39, 0.29) is 5.69 Å². The number of methoxy groups -OCH3 is 2. The van der Waals surface area contributed by atoms with Gasteiger partial charge in [0.05, 0.1) is 51.3 Å². The van der Waals surface area contributed by atoms with E-state index in [9.17, 15) is 4.79 Å². The first-order chi connectivity index (χ1) is 18.5. The maximum absolute atomic E-state index is 13.3. The first kappa shape index (κ1) is 24.6. The summed E-state index contributed by atoms with van der Waals surface area (Å²) in [6, 6.07) is 8.69. The second kappa shape index (κ2) is 10.5. The Hall–Kier alpha value is -5.13. The molecule has 4 aromatic heterocycles. The summed E-state index contributed by atoms with van der Waals surface area (Å²) >= 11 is 0.